The van der Waals surface area contributed by atoms with Gasteiger partial charge in [-0.2, -0.15) is 0 Å². The molecule has 11 nitrogen and oxygen atoms in total. The molecule has 0 saturated carbocycles. The Labute approximate surface area is 197 Å². The van der Waals surface area contributed by atoms with E-state index < -0.39 is 27.4 Å². The molecule has 3 heterocycles. The average Bonchev–Trinajstić information content (AvgIpc) is 3.17. The van der Waals surface area contributed by atoms with Crippen molar-refractivity contribution >= 4 is 33.6 Å². The number of hydrogen-bond acceptors (Lipinski definition) is 8. The zero-order valence-corrected chi connectivity index (χ0v) is 18.8. The van der Waals surface area contributed by atoms with Crippen LogP contribution in [0.5, 0.6) is 11.5 Å². The second-order valence-corrected chi connectivity index (χ2v) is 9.34. The number of quaternary nitrogens is 1. The summed E-state index contributed by atoms with van der Waals surface area (Å²) in [6, 6.07) is 10.0. The number of amides is 1. The number of anilines is 1. The molecular formula is C22H20N5O6S+. The van der Waals surface area contributed by atoms with Crippen molar-refractivity contribution in [2.24, 2.45) is 0 Å². The lowest BCUT2D eigenvalue weighted by atomic mass is 10.0. The van der Waals surface area contributed by atoms with E-state index in [1.807, 2.05) is 6.07 Å². The fraction of sp³-hybridized carbons (Fsp3) is 0.227. The van der Waals surface area contributed by atoms with E-state index in [0.717, 1.165) is 47.8 Å². The third-order valence-electron chi connectivity index (χ3n) is 5.90. The number of thiophene rings is 1. The van der Waals surface area contributed by atoms with Gasteiger partial charge in [-0.3, -0.25) is 25.0 Å². The number of fused-ring (bicyclic) bond motifs is 3. The first-order chi connectivity index (χ1) is 16.3. The fourth-order valence-corrected chi connectivity index (χ4v) is 5.62. The first-order valence-corrected chi connectivity index (χ1v) is 11.4. The van der Waals surface area contributed by atoms with Crippen LogP contribution in [0.15, 0.2) is 42.5 Å². The van der Waals surface area contributed by atoms with Gasteiger partial charge in [0.15, 0.2) is 0 Å². The minimum absolute atomic E-state index is 0.117. The first-order valence-electron chi connectivity index (χ1n) is 10.5. The van der Waals surface area contributed by atoms with Crippen molar-refractivity contribution in [2.45, 2.75) is 19.1 Å². The molecule has 0 radical (unpaired) electrons. The highest BCUT2D eigenvalue weighted by molar-refractivity contribution is 7.16. The molecule has 2 atom stereocenters. The average molecular weight is 482 g/mol. The molecule has 174 valence electrons. The quantitative estimate of drug-likeness (QED) is 0.375. The number of nitro benzene ring substituents is 2. The van der Waals surface area contributed by atoms with Gasteiger partial charge in [0.25, 0.3) is 11.6 Å². The molecular weight excluding hydrogens is 462 g/mol. The van der Waals surface area contributed by atoms with Crippen molar-refractivity contribution in [2.75, 3.05) is 18.9 Å². The lowest BCUT2D eigenvalue weighted by Gasteiger charge is -2.27. The summed E-state index contributed by atoms with van der Waals surface area (Å²) in [4.78, 5) is 36.5. The van der Waals surface area contributed by atoms with Gasteiger partial charge in [-0.05, 0) is 29.3 Å². The van der Waals surface area contributed by atoms with E-state index >= 15 is 0 Å². The van der Waals surface area contributed by atoms with E-state index in [1.165, 1.54) is 15.8 Å². The van der Waals surface area contributed by atoms with E-state index in [9.17, 15) is 25.0 Å². The number of nitrogens with one attached hydrogen (secondary N) is 3. The Morgan fingerprint density at radius 3 is 2.71 bits per heavy atom. The zero-order valence-electron chi connectivity index (χ0n) is 18.0. The van der Waals surface area contributed by atoms with Gasteiger partial charge in [-0.15, -0.1) is 11.3 Å². The molecule has 0 bridgehead atoms. The summed E-state index contributed by atoms with van der Waals surface area (Å²) in [5.74, 6) is 0.0494. The fourth-order valence-electron chi connectivity index (χ4n) is 4.23. The van der Waals surface area contributed by atoms with Crippen LogP contribution < -0.4 is 20.3 Å². The number of carbonyl (C=O) groups is 1. The number of hydrogen-bond donors (Lipinski definition) is 3. The third kappa shape index (κ3) is 3.93. The normalized spacial score (nSPS) is 18.8. The summed E-state index contributed by atoms with van der Waals surface area (Å²) in [6.07, 6.45) is 0.366. The highest BCUT2D eigenvalue weighted by atomic mass is 32.1. The van der Waals surface area contributed by atoms with Gasteiger partial charge in [-0.1, -0.05) is 12.1 Å². The van der Waals surface area contributed by atoms with Crippen LogP contribution in [0.4, 0.5) is 16.4 Å². The largest absolute Gasteiger partial charge is 0.450 e. The second-order valence-electron chi connectivity index (χ2n) is 8.23. The smallest absolute Gasteiger partial charge is 0.318 e. The van der Waals surface area contributed by atoms with Crippen molar-refractivity contribution in [3.8, 4) is 11.5 Å². The number of ether oxygens (including phenoxy) is 1. The second kappa shape index (κ2) is 8.39. The number of carbonyl (C=O) groups excluding carboxylic acids is 1. The summed E-state index contributed by atoms with van der Waals surface area (Å²) in [6.45, 7) is 1.88. The third-order valence-corrected chi connectivity index (χ3v) is 7.07. The van der Waals surface area contributed by atoms with Gasteiger partial charge >= 0.3 is 5.69 Å². The van der Waals surface area contributed by atoms with Crippen molar-refractivity contribution in [3.05, 3.63) is 84.3 Å². The number of nitro groups is 2. The van der Waals surface area contributed by atoms with Gasteiger partial charge in [-0.25, -0.2) is 0 Å². The monoisotopic (exact) mass is 482 g/mol. The molecule has 0 spiro atoms. The molecule has 1 unspecified atom stereocenters. The Morgan fingerprint density at radius 1 is 1.12 bits per heavy atom. The van der Waals surface area contributed by atoms with E-state index in [2.05, 4.69) is 17.7 Å². The maximum atomic E-state index is 13.0. The SMILES string of the molecule is C[NH+]1CCc2c(sc3c2C(=O)N[C@H](c2cccc(Oc4ccc([N+](=O)[O-])cc4[N+](=O)[O-])c2)N3)C1. The van der Waals surface area contributed by atoms with Gasteiger partial charge < -0.3 is 20.3 Å². The summed E-state index contributed by atoms with van der Waals surface area (Å²) in [5.41, 5.74) is 1.64. The molecule has 12 heteroatoms. The molecule has 2 aliphatic rings. The van der Waals surface area contributed by atoms with Crippen molar-refractivity contribution < 1.29 is 24.3 Å². The summed E-state index contributed by atoms with van der Waals surface area (Å²) >= 11 is 1.61. The predicted molar refractivity (Wildman–Crippen MR) is 124 cm³/mol. The van der Waals surface area contributed by atoms with Crippen molar-refractivity contribution in [3.63, 3.8) is 0 Å². The minimum atomic E-state index is -0.728. The Kier molecular flexibility index (Phi) is 5.38. The molecule has 0 saturated heterocycles. The number of non-ortho nitro benzene ring substituents is 1. The van der Waals surface area contributed by atoms with Crippen LogP contribution in [-0.4, -0.2) is 29.3 Å². The summed E-state index contributed by atoms with van der Waals surface area (Å²) < 4.78 is 5.71. The molecule has 0 fully saturated rings. The Morgan fingerprint density at radius 2 is 1.94 bits per heavy atom. The Hall–Kier alpha value is -4.03. The van der Waals surface area contributed by atoms with E-state index in [-0.39, 0.29) is 11.7 Å². The summed E-state index contributed by atoms with van der Waals surface area (Å²) in [5, 5.41) is 29.6. The highest BCUT2D eigenvalue weighted by Gasteiger charge is 2.34. The first kappa shape index (κ1) is 21.8. The molecule has 1 aromatic heterocycles. The van der Waals surface area contributed by atoms with Crippen LogP contribution in [-0.2, 0) is 13.0 Å². The maximum absolute atomic E-state index is 13.0. The predicted octanol–water partition coefficient (Wildman–Crippen LogP) is 2.78. The van der Waals surface area contributed by atoms with Gasteiger partial charge in [0.05, 0.1) is 39.9 Å². The molecule has 1 amide bonds. The van der Waals surface area contributed by atoms with Gasteiger partial charge in [0.1, 0.15) is 23.5 Å². The minimum Gasteiger partial charge on any atom is -0.450 e. The van der Waals surface area contributed by atoms with E-state index in [0.29, 0.717) is 11.3 Å². The molecule has 0 aliphatic carbocycles. The molecule has 3 aromatic rings. The number of likely N-dealkylation sites (N-methyl/N-ethyl adjacent to an activating group) is 1. The Bertz CT molecular complexity index is 1340. The zero-order chi connectivity index (χ0) is 24.0. The molecule has 2 aliphatic heterocycles. The van der Waals surface area contributed by atoms with Crippen molar-refractivity contribution in [1.29, 1.82) is 0 Å². The van der Waals surface area contributed by atoms with E-state index in [1.54, 1.807) is 29.5 Å². The van der Waals surface area contributed by atoms with Crippen LogP contribution in [0.1, 0.15) is 32.5 Å². The van der Waals surface area contributed by atoms with Gasteiger partial charge in [0.2, 0.25) is 5.75 Å². The standard InChI is InChI=1S/C22H19N5O6S/c1-25-8-7-15-18(11-25)34-22-19(15)21(28)23-20(24-22)12-3-2-4-14(9-12)33-17-6-5-13(26(29)30)10-16(17)27(31)32/h2-6,9-10,20,24H,7-8,11H2,1H3,(H,23,28)/p+1/t20-/m0/s1. The number of nitrogens with zero attached hydrogens (tertiary/aromatic N) is 2. The maximum Gasteiger partial charge on any atom is 0.318 e. The highest BCUT2D eigenvalue weighted by Crippen LogP contribution is 2.40. The van der Waals surface area contributed by atoms with Crippen LogP contribution >= 0.6 is 11.3 Å². The van der Waals surface area contributed by atoms with Crippen LogP contribution in [0.25, 0.3) is 0 Å². The van der Waals surface area contributed by atoms with Crippen LogP contribution in [0, 0.1) is 20.2 Å². The van der Waals surface area contributed by atoms with Crippen LogP contribution in [0.3, 0.4) is 0 Å². The lowest BCUT2D eigenvalue weighted by Crippen LogP contribution is -3.08. The lowest BCUT2D eigenvalue weighted by molar-refractivity contribution is -0.895. The number of benzene rings is 2. The van der Waals surface area contributed by atoms with E-state index in [4.69, 9.17) is 4.74 Å². The molecule has 3 N–H and O–H groups in total. The van der Waals surface area contributed by atoms with Gasteiger partial charge in [0, 0.05) is 12.5 Å². The van der Waals surface area contributed by atoms with Crippen molar-refractivity contribution in [1.82, 2.24) is 5.32 Å². The Balaban J connectivity index is 1.41. The summed E-state index contributed by atoms with van der Waals surface area (Å²) in [7, 11) is 2.14. The molecule has 5 rings (SSSR count). The number of rotatable bonds is 5. The topological polar surface area (TPSA) is 141 Å². The molecule has 34 heavy (non-hydrogen) atoms. The van der Waals surface area contributed by atoms with Crippen LogP contribution in [0.2, 0.25) is 0 Å². The molecule has 2 aromatic carbocycles.